The Balaban J connectivity index is 2.37. The van der Waals surface area contributed by atoms with Crippen molar-refractivity contribution in [2.75, 3.05) is 0 Å². The molecule has 0 saturated carbocycles. The Morgan fingerprint density at radius 2 is 1.84 bits per heavy atom. The third-order valence-electron chi connectivity index (χ3n) is 2.54. The lowest BCUT2D eigenvalue weighted by atomic mass is 10.1. The van der Waals surface area contributed by atoms with Crippen LogP contribution in [0.3, 0.4) is 0 Å². The molecule has 7 nitrogen and oxygen atoms in total. The predicted molar refractivity (Wildman–Crippen MR) is 63.9 cm³/mol. The van der Waals surface area contributed by atoms with E-state index in [1.807, 2.05) is 30.3 Å². The summed E-state index contributed by atoms with van der Waals surface area (Å²) in [6.45, 7) is -0.414. The van der Waals surface area contributed by atoms with Crippen LogP contribution in [0.15, 0.2) is 30.3 Å². The van der Waals surface area contributed by atoms with E-state index in [1.54, 1.807) is 0 Å². The highest BCUT2D eigenvalue weighted by Crippen LogP contribution is 2.12. The average Bonchev–Trinajstić information content (AvgIpc) is 2.73. The van der Waals surface area contributed by atoms with Gasteiger partial charge < -0.3 is 10.2 Å². The van der Waals surface area contributed by atoms with Gasteiger partial charge in [-0.1, -0.05) is 35.5 Å². The van der Waals surface area contributed by atoms with Crippen molar-refractivity contribution in [3.05, 3.63) is 47.3 Å². The molecule has 0 aliphatic heterocycles. The Kier molecular flexibility index (Phi) is 3.56. The van der Waals surface area contributed by atoms with Gasteiger partial charge >= 0.3 is 11.9 Å². The Morgan fingerprint density at radius 3 is 2.42 bits per heavy atom. The van der Waals surface area contributed by atoms with Crippen LogP contribution in [0.2, 0.25) is 0 Å². The maximum absolute atomic E-state index is 11.0. The van der Waals surface area contributed by atoms with E-state index in [9.17, 15) is 9.59 Å². The molecule has 0 unspecified atom stereocenters. The van der Waals surface area contributed by atoms with E-state index in [0.717, 1.165) is 10.2 Å². The van der Waals surface area contributed by atoms with Crippen molar-refractivity contribution >= 4 is 11.9 Å². The van der Waals surface area contributed by atoms with Crippen LogP contribution < -0.4 is 0 Å². The second kappa shape index (κ2) is 5.30. The summed E-state index contributed by atoms with van der Waals surface area (Å²) in [6.07, 6.45) is 0.267. The molecule has 0 aliphatic rings. The van der Waals surface area contributed by atoms with Crippen molar-refractivity contribution in [2.45, 2.75) is 13.0 Å². The number of aromatic nitrogens is 3. The first kappa shape index (κ1) is 12.7. The third kappa shape index (κ3) is 2.95. The van der Waals surface area contributed by atoms with Crippen LogP contribution in [-0.4, -0.2) is 37.1 Å². The van der Waals surface area contributed by atoms with Crippen LogP contribution in [0.1, 0.15) is 21.7 Å². The van der Waals surface area contributed by atoms with Gasteiger partial charge in [-0.2, -0.15) is 0 Å². The summed E-state index contributed by atoms with van der Waals surface area (Å²) in [5.41, 5.74) is 0.921. The molecule has 0 atom stereocenters. The van der Waals surface area contributed by atoms with Crippen LogP contribution in [-0.2, 0) is 17.8 Å². The SMILES string of the molecule is O=C(O)Cn1nnc(C(=O)O)c1Cc1ccccc1. The molecule has 2 aromatic rings. The van der Waals surface area contributed by atoms with Gasteiger partial charge in [0, 0.05) is 6.42 Å². The molecule has 0 radical (unpaired) electrons. The Bertz CT molecular complexity index is 607. The van der Waals surface area contributed by atoms with E-state index < -0.39 is 18.5 Å². The molecular weight excluding hydrogens is 250 g/mol. The van der Waals surface area contributed by atoms with Crippen LogP contribution in [0, 0.1) is 0 Å². The van der Waals surface area contributed by atoms with Crippen LogP contribution >= 0.6 is 0 Å². The molecular formula is C12H11N3O4. The number of carbonyl (C=O) groups is 2. The topological polar surface area (TPSA) is 105 Å². The lowest BCUT2D eigenvalue weighted by Gasteiger charge is -2.04. The Labute approximate surface area is 108 Å². The minimum Gasteiger partial charge on any atom is -0.480 e. The second-order valence-corrected chi connectivity index (χ2v) is 3.90. The zero-order chi connectivity index (χ0) is 13.8. The lowest BCUT2D eigenvalue weighted by Crippen LogP contribution is -2.14. The molecule has 0 bridgehead atoms. The average molecular weight is 261 g/mol. The molecule has 0 aliphatic carbocycles. The summed E-state index contributed by atoms with van der Waals surface area (Å²) in [4.78, 5) is 21.8. The van der Waals surface area contributed by atoms with Crippen LogP contribution in [0.4, 0.5) is 0 Å². The number of carboxylic acids is 2. The Hall–Kier alpha value is -2.70. The molecule has 0 saturated heterocycles. The largest absolute Gasteiger partial charge is 0.480 e. The van der Waals surface area contributed by atoms with Crippen molar-refractivity contribution in [2.24, 2.45) is 0 Å². The van der Waals surface area contributed by atoms with E-state index >= 15 is 0 Å². The summed E-state index contributed by atoms with van der Waals surface area (Å²) in [6, 6.07) is 9.13. The maximum Gasteiger partial charge on any atom is 0.358 e. The zero-order valence-corrected chi connectivity index (χ0v) is 9.85. The standard InChI is InChI=1S/C12H11N3O4/c16-10(17)7-15-9(11(12(18)19)13-14-15)6-8-4-2-1-3-5-8/h1-5H,6-7H2,(H,16,17)(H,18,19). The monoisotopic (exact) mass is 261 g/mol. The third-order valence-corrected chi connectivity index (χ3v) is 2.54. The van der Waals surface area contributed by atoms with Gasteiger partial charge in [0.2, 0.25) is 0 Å². The van der Waals surface area contributed by atoms with E-state index in [1.165, 1.54) is 0 Å². The van der Waals surface area contributed by atoms with Crippen molar-refractivity contribution in [1.82, 2.24) is 15.0 Å². The summed E-state index contributed by atoms with van der Waals surface area (Å²) in [5, 5.41) is 24.9. The van der Waals surface area contributed by atoms with Crippen molar-refractivity contribution in [1.29, 1.82) is 0 Å². The number of carboxylic acid groups (broad SMARTS) is 2. The fraction of sp³-hybridized carbons (Fsp3) is 0.167. The minimum absolute atomic E-state index is 0.217. The second-order valence-electron chi connectivity index (χ2n) is 3.90. The number of hydrogen-bond donors (Lipinski definition) is 2. The number of nitrogens with zero attached hydrogens (tertiary/aromatic N) is 3. The number of benzene rings is 1. The Morgan fingerprint density at radius 1 is 1.16 bits per heavy atom. The lowest BCUT2D eigenvalue weighted by molar-refractivity contribution is -0.138. The van der Waals surface area contributed by atoms with E-state index in [0.29, 0.717) is 0 Å². The molecule has 19 heavy (non-hydrogen) atoms. The quantitative estimate of drug-likeness (QED) is 0.818. The van der Waals surface area contributed by atoms with E-state index in [4.69, 9.17) is 10.2 Å². The normalized spacial score (nSPS) is 10.3. The molecule has 98 valence electrons. The van der Waals surface area contributed by atoms with Gasteiger partial charge in [-0.25, -0.2) is 9.48 Å². The molecule has 0 spiro atoms. The van der Waals surface area contributed by atoms with Crippen molar-refractivity contribution in [3.63, 3.8) is 0 Å². The summed E-state index contributed by atoms with van der Waals surface area (Å²) in [7, 11) is 0. The highest BCUT2D eigenvalue weighted by molar-refractivity contribution is 5.86. The van der Waals surface area contributed by atoms with Gasteiger partial charge in [-0.15, -0.1) is 5.10 Å². The summed E-state index contributed by atoms with van der Waals surface area (Å²) >= 11 is 0. The fourth-order valence-electron chi connectivity index (χ4n) is 1.72. The number of aliphatic carboxylic acids is 1. The molecule has 0 fully saturated rings. The molecule has 7 heteroatoms. The van der Waals surface area contributed by atoms with Gasteiger partial charge in [0.05, 0.1) is 5.69 Å². The number of rotatable bonds is 5. The van der Waals surface area contributed by atoms with Gasteiger partial charge in [0.15, 0.2) is 5.69 Å². The molecule has 1 aromatic carbocycles. The van der Waals surface area contributed by atoms with Gasteiger partial charge in [0.1, 0.15) is 6.54 Å². The highest BCUT2D eigenvalue weighted by atomic mass is 16.4. The predicted octanol–water partition coefficient (Wildman–Crippen LogP) is 0.652. The minimum atomic E-state index is -1.22. The fourth-order valence-corrected chi connectivity index (χ4v) is 1.72. The maximum atomic E-state index is 11.0. The first-order valence-electron chi connectivity index (χ1n) is 5.49. The molecule has 1 heterocycles. The first-order chi connectivity index (χ1) is 9.08. The smallest absolute Gasteiger partial charge is 0.358 e. The van der Waals surface area contributed by atoms with Gasteiger partial charge in [0.25, 0.3) is 0 Å². The first-order valence-corrected chi connectivity index (χ1v) is 5.49. The van der Waals surface area contributed by atoms with Crippen LogP contribution in [0.5, 0.6) is 0 Å². The van der Waals surface area contributed by atoms with Crippen LogP contribution in [0.25, 0.3) is 0 Å². The number of hydrogen-bond acceptors (Lipinski definition) is 4. The van der Waals surface area contributed by atoms with Crippen molar-refractivity contribution in [3.8, 4) is 0 Å². The molecule has 0 amide bonds. The van der Waals surface area contributed by atoms with Crippen molar-refractivity contribution < 1.29 is 19.8 Å². The summed E-state index contributed by atoms with van der Waals surface area (Å²) < 4.78 is 1.10. The summed E-state index contributed by atoms with van der Waals surface area (Å²) in [5.74, 6) is -2.32. The molecule has 2 rings (SSSR count). The molecule has 2 N–H and O–H groups in total. The zero-order valence-electron chi connectivity index (χ0n) is 9.85. The van der Waals surface area contributed by atoms with Gasteiger partial charge in [-0.05, 0) is 5.56 Å². The van der Waals surface area contributed by atoms with E-state index in [2.05, 4.69) is 10.3 Å². The highest BCUT2D eigenvalue weighted by Gasteiger charge is 2.20. The molecule has 1 aromatic heterocycles. The van der Waals surface area contributed by atoms with Gasteiger partial charge in [-0.3, -0.25) is 4.79 Å². The van der Waals surface area contributed by atoms with E-state index in [-0.39, 0.29) is 17.8 Å². The number of aromatic carboxylic acids is 1.